The molecule has 0 radical (unpaired) electrons. The lowest BCUT2D eigenvalue weighted by molar-refractivity contribution is -0.123. The molecule has 21 heavy (non-hydrogen) atoms. The van der Waals surface area contributed by atoms with Crippen LogP contribution in [-0.4, -0.2) is 18.4 Å². The molecule has 1 atom stereocenters. The van der Waals surface area contributed by atoms with Crippen LogP contribution in [-0.2, 0) is 9.59 Å². The van der Waals surface area contributed by atoms with E-state index >= 15 is 0 Å². The fourth-order valence-electron chi connectivity index (χ4n) is 2.49. The number of allylic oxidation sites excluding steroid dienone is 3. The zero-order chi connectivity index (χ0) is 14.7. The van der Waals surface area contributed by atoms with Crippen LogP contribution in [0.2, 0.25) is 0 Å². The Balaban J connectivity index is 1.61. The van der Waals surface area contributed by atoms with Crippen LogP contribution in [0.5, 0.6) is 11.5 Å². The van der Waals surface area contributed by atoms with Gasteiger partial charge in [0, 0.05) is 12.3 Å². The highest BCUT2D eigenvalue weighted by Crippen LogP contribution is 2.32. The Hall–Kier alpha value is -2.36. The van der Waals surface area contributed by atoms with E-state index in [-0.39, 0.29) is 30.7 Å². The Morgan fingerprint density at radius 1 is 1.29 bits per heavy atom. The van der Waals surface area contributed by atoms with Gasteiger partial charge in [-0.2, -0.15) is 0 Å². The molecular formula is C17H16O4. The van der Waals surface area contributed by atoms with Crippen molar-refractivity contribution in [3.8, 4) is 11.5 Å². The molecule has 0 aromatic heterocycles. The first kappa shape index (κ1) is 13.6. The van der Waals surface area contributed by atoms with E-state index in [2.05, 4.69) is 0 Å². The summed E-state index contributed by atoms with van der Waals surface area (Å²) in [5, 5.41) is 0. The lowest BCUT2D eigenvalue weighted by atomic mass is 9.88. The number of rotatable bonds is 4. The molecule has 0 N–H and O–H groups in total. The Labute approximate surface area is 123 Å². The van der Waals surface area contributed by atoms with Crippen molar-refractivity contribution < 1.29 is 19.1 Å². The van der Waals surface area contributed by atoms with Gasteiger partial charge in [0.1, 0.15) is 0 Å². The van der Waals surface area contributed by atoms with Gasteiger partial charge in [-0.05, 0) is 42.7 Å². The highest BCUT2D eigenvalue weighted by atomic mass is 16.7. The van der Waals surface area contributed by atoms with Crippen molar-refractivity contribution in [1.29, 1.82) is 0 Å². The maximum Gasteiger partial charge on any atom is 0.231 e. The number of ketones is 2. The quantitative estimate of drug-likeness (QED) is 0.798. The normalized spacial score (nSPS) is 20.2. The smallest absolute Gasteiger partial charge is 0.231 e. The predicted molar refractivity (Wildman–Crippen MR) is 78.1 cm³/mol. The van der Waals surface area contributed by atoms with Gasteiger partial charge in [-0.3, -0.25) is 9.59 Å². The molecule has 2 aliphatic rings. The van der Waals surface area contributed by atoms with Crippen molar-refractivity contribution in [3.05, 3.63) is 42.0 Å². The summed E-state index contributed by atoms with van der Waals surface area (Å²) in [4.78, 5) is 23.6. The van der Waals surface area contributed by atoms with E-state index in [1.807, 2.05) is 24.3 Å². The molecule has 1 aromatic carbocycles. The Morgan fingerprint density at radius 2 is 2.14 bits per heavy atom. The Bertz CT molecular complexity index is 628. The van der Waals surface area contributed by atoms with Crippen molar-refractivity contribution in [2.24, 2.45) is 5.92 Å². The summed E-state index contributed by atoms with van der Waals surface area (Å²) in [6, 6.07) is 5.52. The number of fused-ring (bicyclic) bond motifs is 1. The average Bonchev–Trinajstić information content (AvgIpc) is 2.95. The molecule has 0 fully saturated rings. The van der Waals surface area contributed by atoms with E-state index < -0.39 is 0 Å². The van der Waals surface area contributed by atoms with Gasteiger partial charge in [0.25, 0.3) is 0 Å². The van der Waals surface area contributed by atoms with Crippen molar-refractivity contribution in [3.63, 3.8) is 0 Å². The number of hydrogen-bond acceptors (Lipinski definition) is 4. The summed E-state index contributed by atoms with van der Waals surface area (Å²) >= 11 is 0. The van der Waals surface area contributed by atoms with Gasteiger partial charge in [-0.25, -0.2) is 0 Å². The van der Waals surface area contributed by atoms with Gasteiger partial charge >= 0.3 is 0 Å². The molecule has 0 spiro atoms. The molecule has 1 aromatic rings. The minimum absolute atomic E-state index is 0.0266. The first-order valence-corrected chi connectivity index (χ1v) is 7.03. The SMILES string of the molecule is O=C(/C=C/c1ccc2c(c1)OCO2)CC1CCC=CC1=O. The van der Waals surface area contributed by atoms with E-state index in [0.717, 1.165) is 24.2 Å². The predicted octanol–water partition coefficient (Wildman–Crippen LogP) is 2.92. The van der Waals surface area contributed by atoms with Gasteiger partial charge in [0.2, 0.25) is 6.79 Å². The topological polar surface area (TPSA) is 52.6 Å². The minimum atomic E-state index is -0.163. The third-order valence-electron chi connectivity index (χ3n) is 3.67. The van der Waals surface area contributed by atoms with Crippen LogP contribution in [0.3, 0.4) is 0 Å². The summed E-state index contributed by atoms with van der Waals surface area (Å²) in [6.07, 6.45) is 8.64. The molecule has 1 aliphatic heterocycles. The summed E-state index contributed by atoms with van der Waals surface area (Å²) in [6.45, 7) is 0.235. The molecule has 4 heteroatoms. The molecule has 3 rings (SSSR count). The van der Waals surface area contributed by atoms with Crippen LogP contribution in [0, 0.1) is 5.92 Å². The fourth-order valence-corrected chi connectivity index (χ4v) is 2.49. The Morgan fingerprint density at radius 3 is 3.00 bits per heavy atom. The van der Waals surface area contributed by atoms with E-state index in [4.69, 9.17) is 9.47 Å². The molecule has 0 bridgehead atoms. The minimum Gasteiger partial charge on any atom is -0.454 e. The average molecular weight is 284 g/mol. The second-order valence-corrected chi connectivity index (χ2v) is 5.20. The maximum atomic E-state index is 11.9. The highest BCUT2D eigenvalue weighted by molar-refractivity contribution is 5.99. The van der Waals surface area contributed by atoms with Crippen LogP contribution >= 0.6 is 0 Å². The molecular weight excluding hydrogens is 268 g/mol. The van der Waals surface area contributed by atoms with Crippen LogP contribution in [0.1, 0.15) is 24.8 Å². The third kappa shape index (κ3) is 3.21. The van der Waals surface area contributed by atoms with E-state index in [0.29, 0.717) is 5.75 Å². The largest absolute Gasteiger partial charge is 0.454 e. The van der Waals surface area contributed by atoms with Crippen molar-refractivity contribution >= 4 is 17.6 Å². The second-order valence-electron chi connectivity index (χ2n) is 5.20. The first-order chi connectivity index (χ1) is 10.2. The third-order valence-corrected chi connectivity index (χ3v) is 3.67. The van der Waals surface area contributed by atoms with Gasteiger partial charge in [0.05, 0.1) is 0 Å². The summed E-state index contributed by atoms with van der Waals surface area (Å²) < 4.78 is 10.5. The van der Waals surface area contributed by atoms with Crippen molar-refractivity contribution in [1.82, 2.24) is 0 Å². The number of hydrogen-bond donors (Lipinski definition) is 0. The van der Waals surface area contributed by atoms with Gasteiger partial charge in [-0.15, -0.1) is 0 Å². The monoisotopic (exact) mass is 284 g/mol. The number of carbonyl (C=O) groups excluding carboxylic acids is 2. The first-order valence-electron chi connectivity index (χ1n) is 7.03. The van der Waals surface area contributed by atoms with E-state index in [1.54, 1.807) is 12.2 Å². The van der Waals surface area contributed by atoms with Gasteiger partial charge < -0.3 is 9.47 Å². The van der Waals surface area contributed by atoms with Crippen LogP contribution in [0.25, 0.3) is 6.08 Å². The molecule has 4 nitrogen and oxygen atoms in total. The van der Waals surface area contributed by atoms with E-state index in [9.17, 15) is 9.59 Å². The highest BCUT2D eigenvalue weighted by Gasteiger charge is 2.20. The number of benzene rings is 1. The van der Waals surface area contributed by atoms with Crippen molar-refractivity contribution in [2.75, 3.05) is 6.79 Å². The van der Waals surface area contributed by atoms with Crippen molar-refractivity contribution in [2.45, 2.75) is 19.3 Å². The molecule has 108 valence electrons. The lowest BCUT2D eigenvalue weighted by Crippen LogP contribution is -2.18. The van der Waals surface area contributed by atoms with E-state index in [1.165, 1.54) is 6.08 Å². The molecule has 0 saturated heterocycles. The van der Waals surface area contributed by atoms with Crippen LogP contribution < -0.4 is 9.47 Å². The molecule has 1 aliphatic carbocycles. The Kier molecular flexibility index (Phi) is 3.86. The molecule has 1 unspecified atom stereocenters. The summed E-state index contributed by atoms with van der Waals surface area (Å²) in [5.74, 6) is 1.28. The number of ether oxygens (including phenoxy) is 2. The fraction of sp³-hybridized carbons (Fsp3) is 0.294. The summed E-state index contributed by atoms with van der Waals surface area (Å²) in [7, 11) is 0. The van der Waals surface area contributed by atoms with Gasteiger partial charge in [-0.1, -0.05) is 18.2 Å². The van der Waals surface area contributed by atoms with Gasteiger partial charge in [0.15, 0.2) is 23.1 Å². The number of carbonyl (C=O) groups is 2. The maximum absolute atomic E-state index is 11.9. The molecule has 1 heterocycles. The molecule has 0 amide bonds. The van der Waals surface area contributed by atoms with Crippen LogP contribution in [0.15, 0.2) is 36.4 Å². The standard InChI is InChI=1S/C17H16O4/c18-14(10-13-3-1-2-4-15(13)19)7-5-12-6-8-16-17(9-12)21-11-20-16/h2,4-9,13H,1,3,10-11H2/b7-5+. The molecule has 0 saturated carbocycles. The second kappa shape index (κ2) is 5.95. The zero-order valence-electron chi connectivity index (χ0n) is 11.6. The summed E-state index contributed by atoms with van der Waals surface area (Å²) in [5.41, 5.74) is 0.877. The zero-order valence-corrected chi connectivity index (χ0v) is 11.6. The van der Waals surface area contributed by atoms with Crippen LogP contribution in [0.4, 0.5) is 0 Å². The lowest BCUT2D eigenvalue weighted by Gasteiger charge is -2.14.